The fraction of sp³-hybridized carbons (Fsp3) is 0.357. The molecule has 0 saturated heterocycles. The number of aromatic hydroxyl groups is 1. The van der Waals surface area contributed by atoms with Gasteiger partial charge in [-0.2, -0.15) is 18.3 Å². The maximum Gasteiger partial charge on any atom is 0.416 e. The summed E-state index contributed by atoms with van der Waals surface area (Å²) < 4.78 is 39.7. The lowest BCUT2D eigenvalue weighted by Crippen LogP contribution is -2.05. The van der Waals surface area contributed by atoms with E-state index in [9.17, 15) is 18.3 Å². The second-order valence-electron chi connectivity index (χ2n) is 4.90. The molecule has 1 heterocycles. The van der Waals surface area contributed by atoms with Gasteiger partial charge in [0.25, 0.3) is 0 Å². The summed E-state index contributed by atoms with van der Waals surface area (Å²) in [6, 6.07) is 4.81. The number of aromatic nitrogens is 2. The van der Waals surface area contributed by atoms with Crippen molar-refractivity contribution < 1.29 is 18.3 Å². The SMILES string of the molecule is Cc1c(O)c(-c2cccc(C(F)(F)F)c2)nn1C(C)C. The van der Waals surface area contributed by atoms with E-state index in [0.29, 0.717) is 5.69 Å². The van der Waals surface area contributed by atoms with E-state index in [2.05, 4.69) is 5.10 Å². The van der Waals surface area contributed by atoms with E-state index < -0.39 is 11.7 Å². The highest BCUT2D eigenvalue weighted by atomic mass is 19.4. The second kappa shape index (κ2) is 4.85. The summed E-state index contributed by atoms with van der Waals surface area (Å²) in [5.74, 6) is -0.0852. The Morgan fingerprint density at radius 3 is 2.40 bits per heavy atom. The zero-order chi connectivity index (χ0) is 15.1. The molecule has 20 heavy (non-hydrogen) atoms. The van der Waals surface area contributed by atoms with Crippen LogP contribution in [0, 0.1) is 6.92 Å². The maximum atomic E-state index is 12.7. The van der Waals surface area contributed by atoms with Gasteiger partial charge in [0.2, 0.25) is 0 Å². The van der Waals surface area contributed by atoms with Gasteiger partial charge in [0, 0.05) is 11.6 Å². The Balaban J connectivity index is 2.55. The summed E-state index contributed by atoms with van der Waals surface area (Å²) in [6.45, 7) is 5.45. The molecule has 0 unspecified atom stereocenters. The van der Waals surface area contributed by atoms with Crippen molar-refractivity contribution in [3.05, 3.63) is 35.5 Å². The Morgan fingerprint density at radius 1 is 1.25 bits per heavy atom. The minimum Gasteiger partial charge on any atom is -0.504 e. The Labute approximate surface area is 114 Å². The zero-order valence-electron chi connectivity index (χ0n) is 11.4. The molecule has 1 N–H and O–H groups in total. The van der Waals surface area contributed by atoms with Gasteiger partial charge < -0.3 is 5.11 Å². The molecule has 0 radical (unpaired) electrons. The van der Waals surface area contributed by atoms with Gasteiger partial charge in [-0.05, 0) is 32.9 Å². The molecule has 0 fully saturated rings. The van der Waals surface area contributed by atoms with Gasteiger partial charge in [0.15, 0.2) is 5.75 Å². The molecular formula is C14H15F3N2O. The molecule has 2 aromatic rings. The normalized spacial score (nSPS) is 12.2. The third-order valence-electron chi connectivity index (χ3n) is 3.07. The quantitative estimate of drug-likeness (QED) is 0.899. The summed E-state index contributed by atoms with van der Waals surface area (Å²) >= 11 is 0. The zero-order valence-corrected chi connectivity index (χ0v) is 11.4. The first-order valence-electron chi connectivity index (χ1n) is 6.17. The molecule has 0 spiro atoms. The summed E-state index contributed by atoms with van der Waals surface area (Å²) in [5, 5.41) is 14.3. The van der Waals surface area contributed by atoms with Gasteiger partial charge in [-0.25, -0.2) is 0 Å². The van der Waals surface area contributed by atoms with Crippen LogP contribution in [0.25, 0.3) is 11.3 Å². The minimum absolute atomic E-state index is 0.0143. The number of rotatable bonds is 2. The van der Waals surface area contributed by atoms with E-state index in [1.807, 2.05) is 13.8 Å². The fourth-order valence-electron chi connectivity index (χ4n) is 2.05. The average Bonchev–Trinajstić information content (AvgIpc) is 2.66. The first-order chi connectivity index (χ1) is 9.21. The molecule has 3 nitrogen and oxygen atoms in total. The van der Waals surface area contributed by atoms with Crippen LogP contribution in [-0.2, 0) is 6.18 Å². The van der Waals surface area contributed by atoms with Crippen molar-refractivity contribution in [2.45, 2.75) is 33.0 Å². The van der Waals surface area contributed by atoms with Crippen LogP contribution in [0.2, 0.25) is 0 Å². The van der Waals surface area contributed by atoms with Gasteiger partial charge in [0.1, 0.15) is 5.69 Å². The number of halogens is 3. The number of benzene rings is 1. The van der Waals surface area contributed by atoms with Crippen LogP contribution in [-0.4, -0.2) is 14.9 Å². The van der Waals surface area contributed by atoms with Crippen LogP contribution in [0.5, 0.6) is 5.75 Å². The molecule has 108 valence electrons. The summed E-state index contributed by atoms with van der Waals surface area (Å²) in [4.78, 5) is 0. The van der Waals surface area contributed by atoms with E-state index in [0.717, 1.165) is 12.1 Å². The highest BCUT2D eigenvalue weighted by Gasteiger charge is 2.31. The first kappa shape index (κ1) is 14.4. The van der Waals surface area contributed by atoms with Crippen molar-refractivity contribution in [2.75, 3.05) is 0 Å². The number of hydrogen-bond acceptors (Lipinski definition) is 2. The van der Waals surface area contributed by atoms with E-state index in [-0.39, 0.29) is 23.0 Å². The minimum atomic E-state index is -4.42. The van der Waals surface area contributed by atoms with Crippen LogP contribution in [0.15, 0.2) is 24.3 Å². The van der Waals surface area contributed by atoms with E-state index >= 15 is 0 Å². The molecule has 1 aromatic carbocycles. The molecule has 0 aliphatic carbocycles. The molecule has 2 rings (SSSR count). The Morgan fingerprint density at radius 2 is 1.90 bits per heavy atom. The predicted molar refractivity (Wildman–Crippen MR) is 69.5 cm³/mol. The summed E-state index contributed by atoms with van der Waals surface area (Å²) in [7, 11) is 0. The molecule has 0 saturated carbocycles. The number of nitrogens with zero attached hydrogens (tertiary/aromatic N) is 2. The standard InChI is InChI=1S/C14H15F3N2O/c1-8(2)19-9(3)13(20)12(18-19)10-5-4-6-11(7-10)14(15,16)17/h4-8,20H,1-3H3. The highest BCUT2D eigenvalue weighted by Crippen LogP contribution is 2.36. The van der Waals surface area contributed by atoms with Crippen molar-refractivity contribution in [1.29, 1.82) is 0 Å². The molecule has 1 aromatic heterocycles. The van der Waals surface area contributed by atoms with Gasteiger partial charge in [-0.15, -0.1) is 0 Å². The van der Waals surface area contributed by atoms with Gasteiger partial charge in [-0.3, -0.25) is 4.68 Å². The maximum absolute atomic E-state index is 12.7. The predicted octanol–water partition coefficient (Wildman–Crippen LogP) is 4.16. The van der Waals surface area contributed by atoms with Gasteiger partial charge in [-0.1, -0.05) is 12.1 Å². The monoisotopic (exact) mass is 284 g/mol. The molecule has 0 aliphatic rings. The smallest absolute Gasteiger partial charge is 0.416 e. The molecule has 0 aliphatic heterocycles. The van der Waals surface area contributed by atoms with Crippen molar-refractivity contribution in [3.63, 3.8) is 0 Å². The molecule has 0 amide bonds. The molecular weight excluding hydrogens is 269 g/mol. The third-order valence-corrected chi connectivity index (χ3v) is 3.07. The highest BCUT2D eigenvalue weighted by molar-refractivity contribution is 5.67. The van der Waals surface area contributed by atoms with Crippen molar-refractivity contribution >= 4 is 0 Å². The van der Waals surface area contributed by atoms with E-state index in [1.54, 1.807) is 11.6 Å². The van der Waals surface area contributed by atoms with Gasteiger partial charge >= 0.3 is 6.18 Å². The van der Waals surface area contributed by atoms with Crippen LogP contribution < -0.4 is 0 Å². The van der Waals surface area contributed by atoms with Crippen molar-refractivity contribution in [3.8, 4) is 17.0 Å². The average molecular weight is 284 g/mol. The largest absolute Gasteiger partial charge is 0.504 e. The Bertz CT molecular complexity index is 630. The molecule has 6 heteroatoms. The summed E-state index contributed by atoms with van der Waals surface area (Å²) in [5.41, 5.74) is 0.195. The molecule has 0 atom stereocenters. The van der Waals surface area contributed by atoms with E-state index in [1.165, 1.54) is 12.1 Å². The number of alkyl halides is 3. The Hall–Kier alpha value is -1.98. The van der Waals surface area contributed by atoms with Crippen LogP contribution in [0.4, 0.5) is 13.2 Å². The first-order valence-corrected chi connectivity index (χ1v) is 6.17. The fourth-order valence-corrected chi connectivity index (χ4v) is 2.05. The summed E-state index contributed by atoms with van der Waals surface area (Å²) in [6.07, 6.45) is -4.42. The number of hydrogen-bond donors (Lipinski definition) is 1. The van der Waals surface area contributed by atoms with Crippen LogP contribution in [0.1, 0.15) is 31.1 Å². The second-order valence-corrected chi connectivity index (χ2v) is 4.90. The van der Waals surface area contributed by atoms with Crippen LogP contribution in [0.3, 0.4) is 0 Å². The lowest BCUT2D eigenvalue weighted by atomic mass is 10.1. The van der Waals surface area contributed by atoms with Crippen LogP contribution >= 0.6 is 0 Å². The Kier molecular flexibility index (Phi) is 3.50. The van der Waals surface area contributed by atoms with Crippen molar-refractivity contribution in [2.24, 2.45) is 0 Å². The third kappa shape index (κ3) is 2.50. The topological polar surface area (TPSA) is 38.1 Å². The molecule has 0 bridgehead atoms. The lowest BCUT2D eigenvalue weighted by molar-refractivity contribution is -0.137. The van der Waals surface area contributed by atoms with Crippen molar-refractivity contribution in [1.82, 2.24) is 9.78 Å². The van der Waals surface area contributed by atoms with E-state index in [4.69, 9.17) is 0 Å². The lowest BCUT2D eigenvalue weighted by Gasteiger charge is -2.08. The van der Waals surface area contributed by atoms with Gasteiger partial charge in [0.05, 0.1) is 11.3 Å².